The molecule has 0 bridgehead atoms. The van der Waals surface area contributed by atoms with Crippen LogP contribution in [0.2, 0.25) is 0 Å². The third-order valence-electron chi connectivity index (χ3n) is 12.5. The Bertz CT molecular complexity index is 3610. The number of benzene rings is 9. The molecule has 0 radical (unpaired) electrons. The zero-order valence-electron chi connectivity index (χ0n) is 36.4. The van der Waals surface area contributed by atoms with Crippen molar-refractivity contribution in [1.29, 1.82) is 0 Å². The van der Waals surface area contributed by atoms with Crippen molar-refractivity contribution >= 4 is 16.4 Å². The molecule has 3 heterocycles. The lowest BCUT2D eigenvalue weighted by Crippen LogP contribution is -2.01. The monoisotopic (exact) mass is 855 g/mol. The van der Waals surface area contributed by atoms with E-state index in [1.165, 1.54) is 10.8 Å². The smallest absolute Gasteiger partial charge is 0.164 e. The zero-order valence-corrected chi connectivity index (χ0v) is 36.4. The third-order valence-corrected chi connectivity index (χ3v) is 12.5. The molecule has 0 aliphatic heterocycles. The highest BCUT2D eigenvalue weighted by atomic mass is 15.0. The summed E-state index contributed by atoms with van der Waals surface area (Å²) in [4.78, 5) is 20.9. The molecule has 314 valence electrons. The molecule has 0 N–H and O–H groups in total. The maximum atomic E-state index is 5.30. The third kappa shape index (κ3) is 7.75. The topological polar surface area (TPSA) is 56.0 Å². The number of hydrogen-bond donors (Lipinski definition) is 0. The summed E-state index contributed by atoms with van der Waals surface area (Å²) < 4.78 is 2.19. The van der Waals surface area contributed by atoms with Gasteiger partial charge in [0.1, 0.15) is 5.65 Å². The largest absolute Gasteiger partial charge is 0.299 e. The van der Waals surface area contributed by atoms with Crippen LogP contribution in [0.3, 0.4) is 0 Å². The average molecular weight is 856 g/mol. The maximum absolute atomic E-state index is 5.30. The van der Waals surface area contributed by atoms with E-state index in [2.05, 4.69) is 229 Å². The fraction of sp³-hybridized carbons (Fsp3) is 0. The summed E-state index contributed by atoms with van der Waals surface area (Å²) in [7, 11) is 0. The number of imidazole rings is 1. The van der Waals surface area contributed by atoms with E-state index < -0.39 is 0 Å². The molecule has 5 heteroatoms. The minimum absolute atomic E-state index is 0.590. The van der Waals surface area contributed by atoms with Crippen LogP contribution in [0, 0.1) is 0 Å². The Morgan fingerprint density at radius 1 is 0.269 bits per heavy atom. The van der Waals surface area contributed by atoms with Crippen molar-refractivity contribution in [2.24, 2.45) is 0 Å². The second-order valence-electron chi connectivity index (χ2n) is 16.7. The number of hydrogen-bond acceptors (Lipinski definition) is 4. The summed E-state index contributed by atoms with van der Waals surface area (Å²) in [5.41, 5.74) is 16.6. The average Bonchev–Trinajstić information content (AvgIpc) is 3.81. The van der Waals surface area contributed by atoms with Crippen molar-refractivity contribution in [2.45, 2.75) is 0 Å². The Hall–Kier alpha value is -9.06. The van der Waals surface area contributed by atoms with Crippen LogP contribution in [0.1, 0.15) is 0 Å². The van der Waals surface area contributed by atoms with Crippen molar-refractivity contribution in [3.8, 4) is 101 Å². The molecule has 0 saturated carbocycles. The second-order valence-corrected chi connectivity index (χ2v) is 16.7. The minimum atomic E-state index is 0.590. The Morgan fingerprint density at radius 2 is 0.716 bits per heavy atom. The minimum Gasteiger partial charge on any atom is -0.299 e. The van der Waals surface area contributed by atoms with E-state index in [0.29, 0.717) is 17.5 Å². The summed E-state index contributed by atoms with van der Waals surface area (Å²) in [6, 6.07) is 85.1. The van der Waals surface area contributed by atoms with Crippen LogP contribution in [-0.2, 0) is 0 Å². The van der Waals surface area contributed by atoms with Gasteiger partial charge >= 0.3 is 0 Å². The van der Waals surface area contributed by atoms with Crippen molar-refractivity contribution in [3.63, 3.8) is 0 Å². The van der Waals surface area contributed by atoms with Gasteiger partial charge in [0.05, 0.1) is 11.4 Å². The number of aromatic nitrogens is 5. The molecule has 0 aliphatic rings. The van der Waals surface area contributed by atoms with Crippen LogP contribution in [0.25, 0.3) is 118 Å². The highest BCUT2D eigenvalue weighted by Crippen LogP contribution is 2.39. The number of rotatable bonds is 9. The molecule has 12 rings (SSSR count). The summed E-state index contributed by atoms with van der Waals surface area (Å²) >= 11 is 0. The van der Waals surface area contributed by atoms with Gasteiger partial charge in [-0.1, -0.05) is 206 Å². The second kappa shape index (κ2) is 17.1. The number of nitrogens with zero attached hydrogens (tertiary/aromatic N) is 5. The van der Waals surface area contributed by atoms with Gasteiger partial charge in [0.25, 0.3) is 0 Å². The quantitative estimate of drug-likeness (QED) is 0.145. The molecule has 0 saturated heterocycles. The molecular weight excluding hydrogens is 815 g/mol. The predicted octanol–water partition coefficient (Wildman–Crippen LogP) is 15.7. The van der Waals surface area contributed by atoms with Gasteiger partial charge in [0.2, 0.25) is 0 Å². The van der Waals surface area contributed by atoms with Gasteiger partial charge < -0.3 is 0 Å². The highest BCUT2D eigenvalue weighted by molar-refractivity contribution is 5.98. The molecule has 5 nitrogen and oxygen atoms in total. The van der Waals surface area contributed by atoms with E-state index in [4.69, 9.17) is 19.9 Å². The molecule has 0 amide bonds. The van der Waals surface area contributed by atoms with Crippen molar-refractivity contribution < 1.29 is 0 Å². The van der Waals surface area contributed by atoms with E-state index in [1.807, 2.05) is 24.3 Å². The Morgan fingerprint density at radius 3 is 1.37 bits per heavy atom. The Labute approximate surface area is 389 Å². The molecule has 0 fully saturated rings. The maximum Gasteiger partial charge on any atom is 0.164 e. The first-order chi connectivity index (χ1) is 33.2. The van der Waals surface area contributed by atoms with Gasteiger partial charge in [-0.2, -0.15) is 0 Å². The highest BCUT2D eigenvalue weighted by Gasteiger charge is 2.19. The van der Waals surface area contributed by atoms with Gasteiger partial charge in [0, 0.05) is 34.0 Å². The lowest BCUT2D eigenvalue weighted by Gasteiger charge is -2.15. The van der Waals surface area contributed by atoms with E-state index in [1.54, 1.807) is 0 Å². The molecule has 0 unspecified atom stereocenters. The molecule has 0 aliphatic carbocycles. The van der Waals surface area contributed by atoms with Gasteiger partial charge in [-0.15, -0.1) is 0 Å². The van der Waals surface area contributed by atoms with Crippen LogP contribution < -0.4 is 0 Å². The molecule has 67 heavy (non-hydrogen) atoms. The first-order valence-electron chi connectivity index (χ1n) is 22.5. The summed E-state index contributed by atoms with van der Waals surface area (Å²) in [5, 5.41) is 2.35. The number of fused-ring (bicyclic) bond motifs is 2. The van der Waals surface area contributed by atoms with Crippen molar-refractivity contribution in [3.05, 3.63) is 249 Å². The van der Waals surface area contributed by atoms with Crippen molar-refractivity contribution in [2.75, 3.05) is 0 Å². The van der Waals surface area contributed by atoms with Crippen molar-refractivity contribution in [1.82, 2.24) is 24.3 Å². The first kappa shape index (κ1) is 39.5. The van der Waals surface area contributed by atoms with Crippen LogP contribution in [0.5, 0.6) is 0 Å². The first-order valence-corrected chi connectivity index (χ1v) is 22.5. The fourth-order valence-electron chi connectivity index (χ4n) is 9.12. The molecular formula is C62H41N5. The molecule has 9 aromatic carbocycles. The predicted molar refractivity (Wildman–Crippen MR) is 275 cm³/mol. The zero-order chi connectivity index (χ0) is 44.5. The summed E-state index contributed by atoms with van der Waals surface area (Å²) in [6.07, 6.45) is 2.09. The van der Waals surface area contributed by atoms with Crippen LogP contribution in [0.4, 0.5) is 0 Å². The normalized spacial score (nSPS) is 11.3. The van der Waals surface area contributed by atoms with E-state index >= 15 is 0 Å². The summed E-state index contributed by atoms with van der Waals surface area (Å²) in [5.74, 6) is 1.80. The molecule has 0 atom stereocenters. The molecule has 3 aromatic heterocycles. The number of pyridine rings is 1. The lowest BCUT2D eigenvalue weighted by molar-refractivity contribution is 1.07. The lowest BCUT2D eigenvalue weighted by atomic mass is 9.92. The van der Waals surface area contributed by atoms with Gasteiger partial charge in [-0.05, 0) is 91.7 Å². The Balaban J connectivity index is 1.05. The Kier molecular flexibility index (Phi) is 10.1. The van der Waals surface area contributed by atoms with Gasteiger partial charge in [0.15, 0.2) is 17.5 Å². The van der Waals surface area contributed by atoms with Gasteiger partial charge in [-0.25, -0.2) is 19.9 Å². The van der Waals surface area contributed by atoms with Crippen LogP contribution in [0.15, 0.2) is 249 Å². The summed E-state index contributed by atoms with van der Waals surface area (Å²) in [6.45, 7) is 0. The fourth-order valence-corrected chi connectivity index (χ4v) is 9.12. The van der Waals surface area contributed by atoms with Crippen LogP contribution in [-0.4, -0.2) is 24.3 Å². The van der Waals surface area contributed by atoms with Crippen LogP contribution >= 0.6 is 0 Å². The molecule has 12 aromatic rings. The SMILES string of the molecule is c1ccc(-c2ccc(-c3nc(-c4ccc(-c5ccccc5)cc4)nc(-c4cc(-c5cccc(-c6c(-c7ccccc7)nc7ccccn67)c5)cc(-c5cccc6ccccc56)c4)n3)cc2)cc1. The standard InChI is InChI=1S/C62H41N5/c1-4-16-42(17-5-1)44-29-33-48(34-30-44)60-64-61(49-35-31-45(32-36-49)43-18-6-2-7-19-43)66-62(65-60)54-40-52(39-53(41-54)56-27-15-23-46-20-10-11-26-55(46)56)50-24-14-25-51(38-50)59-58(47-21-8-3-9-22-47)63-57-28-12-13-37-67(57)59/h1-41H. The van der Waals surface area contributed by atoms with E-state index in [0.717, 1.165) is 89.4 Å². The van der Waals surface area contributed by atoms with Gasteiger partial charge in [-0.3, -0.25) is 4.40 Å². The molecule has 0 spiro atoms. The van der Waals surface area contributed by atoms with E-state index in [9.17, 15) is 0 Å². The van der Waals surface area contributed by atoms with E-state index in [-0.39, 0.29) is 0 Å².